The minimum atomic E-state index is 1.01. The van der Waals surface area contributed by atoms with Gasteiger partial charge in [-0.1, -0.05) is 133 Å². The van der Waals surface area contributed by atoms with Crippen LogP contribution in [0.5, 0.6) is 0 Å². The quantitative estimate of drug-likeness (QED) is 0.164. The van der Waals surface area contributed by atoms with Gasteiger partial charge in [-0.25, -0.2) is 0 Å². The van der Waals surface area contributed by atoms with E-state index >= 15 is 0 Å². The third kappa shape index (κ3) is 5.92. The van der Waals surface area contributed by atoms with Crippen LogP contribution < -0.4 is 9.80 Å². The second-order valence-electron chi connectivity index (χ2n) is 17.1. The number of fused-ring (bicyclic) bond motifs is 6. The third-order valence-corrected chi connectivity index (χ3v) is 13.6. The molecule has 9 aromatic rings. The minimum absolute atomic E-state index is 1.01. The van der Waals surface area contributed by atoms with E-state index in [1.165, 1.54) is 111 Å². The van der Waals surface area contributed by atoms with E-state index in [9.17, 15) is 0 Å². The van der Waals surface area contributed by atoms with Crippen molar-refractivity contribution in [2.24, 2.45) is 0 Å². The van der Waals surface area contributed by atoms with Gasteiger partial charge in [0.15, 0.2) is 0 Å². The molecule has 12 rings (SSSR count). The van der Waals surface area contributed by atoms with Crippen LogP contribution in [-0.2, 0) is 19.3 Å². The van der Waals surface area contributed by atoms with Crippen molar-refractivity contribution in [3.8, 4) is 22.3 Å². The van der Waals surface area contributed by atoms with Crippen LogP contribution in [0.15, 0.2) is 199 Å². The van der Waals surface area contributed by atoms with Crippen molar-refractivity contribution in [3.63, 3.8) is 0 Å². The molecule has 9 aromatic carbocycles. The second kappa shape index (κ2) is 14.5. The fourth-order valence-electron chi connectivity index (χ4n) is 10.7. The maximum absolute atomic E-state index is 2.56. The van der Waals surface area contributed by atoms with E-state index in [0.29, 0.717) is 0 Å². The summed E-state index contributed by atoms with van der Waals surface area (Å²) in [7, 11) is 0. The molecular formula is C59H46N2. The number of aryl methyl sites for hydroxylation is 4. The largest absolute Gasteiger partial charge is 0.310 e. The van der Waals surface area contributed by atoms with Gasteiger partial charge in [-0.05, 0) is 182 Å². The van der Waals surface area contributed by atoms with E-state index in [2.05, 4.69) is 205 Å². The summed E-state index contributed by atoms with van der Waals surface area (Å²) in [6, 6.07) is 66.4. The Morgan fingerprint density at radius 3 is 1.67 bits per heavy atom. The molecule has 0 saturated heterocycles. The Kier molecular flexibility index (Phi) is 8.52. The van der Waals surface area contributed by atoms with Crippen molar-refractivity contribution >= 4 is 60.8 Å². The molecular weight excluding hydrogens is 737 g/mol. The lowest BCUT2D eigenvalue weighted by Gasteiger charge is -2.31. The summed E-state index contributed by atoms with van der Waals surface area (Å²) < 4.78 is 0. The maximum atomic E-state index is 2.56. The average Bonchev–Trinajstić information content (AvgIpc) is 3.59. The first-order valence-electron chi connectivity index (χ1n) is 22.0. The van der Waals surface area contributed by atoms with E-state index in [1.807, 2.05) is 0 Å². The molecule has 2 heteroatoms. The summed E-state index contributed by atoms with van der Waals surface area (Å²) in [5.41, 5.74) is 19.6. The fraction of sp³-hybridized carbons (Fsp3) is 0.119. The molecule has 0 bridgehead atoms. The molecule has 2 nitrogen and oxygen atoms in total. The van der Waals surface area contributed by atoms with Crippen LogP contribution >= 0.6 is 0 Å². The molecule has 0 aromatic heterocycles. The Morgan fingerprint density at radius 1 is 0.410 bits per heavy atom. The Morgan fingerprint density at radius 2 is 0.967 bits per heavy atom. The maximum Gasteiger partial charge on any atom is 0.0493 e. The molecule has 292 valence electrons. The van der Waals surface area contributed by atoms with Crippen molar-refractivity contribution < 1.29 is 0 Å². The summed E-state index contributed by atoms with van der Waals surface area (Å²) in [5, 5.41) is 7.54. The fourth-order valence-corrected chi connectivity index (χ4v) is 10.7. The molecule has 61 heavy (non-hydrogen) atoms. The molecule has 0 N–H and O–H groups in total. The topological polar surface area (TPSA) is 6.48 Å². The smallest absolute Gasteiger partial charge is 0.0493 e. The molecule has 0 fully saturated rings. The van der Waals surface area contributed by atoms with Gasteiger partial charge in [0.1, 0.15) is 0 Å². The van der Waals surface area contributed by atoms with Gasteiger partial charge in [-0.3, -0.25) is 0 Å². The monoisotopic (exact) mass is 782 g/mol. The molecule has 0 unspecified atom stereocenters. The van der Waals surface area contributed by atoms with Gasteiger partial charge < -0.3 is 9.80 Å². The molecule has 1 aliphatic carbocycles. The molecule has 2 heterocycles. The summed E-state index contributed by atoms with van der Waals surface area (Å²) >= 11 is 0. The molecule has 0 saturated carbocycles. The Hall–Kier alpha value is -7.16. The van der Waals surface area contributed by atoms with Crippen molar-refractivity contribution in [1.29, 1.82) is 0 Å². The highest BCUT2D eigenvalue weighted by Gasteiger charge is 2.28. The molecule has 0 radical (unpaired) electrons. The summed E-state index contributed by atoms with van der Waals surface area (Å²) in [6.45, 7) is 2.27. The van der Waals surface area contributed by atoms with Crippen molar-refractivity contribution in [3.05, 3.63) is 222 Å². The Balaban J connectivity index is 1.20. The number of benzene rings is 9. The highest BCUT2D eigenvalue weighted by atomic mass is 15.2. The Labute approximate surface area is 358 Å². The number of hydrogen-bond acceptors (Lipinski definition) is 2. The number of nitrogens with zero attached hydrogens (tertiary/aromatic N) is 2. The van der Waals surface area contributed by atoms with Crippen LogP contribution in [0.3, 0.4) is 0 Å². The van der Waals surface area contributed by atoms with Crippen molar-refractivity contribution in [1.82, 2.24) is 0 Å². The van der Waals surface area contributed by atoms with Gasteiger partial charge in [0, 0.05) is 34.1 Å². The van der Waals surface area contributed by atoms with E-state index in [0.717, 1.165) is 38.5 Å². The molecule has 0 atom stereocenters. The zero-order valence-corrected chi connectivity index (χ0v) is 34.5. The lowest BCUT2D eigenvalue weighted by molar-refractivity contribution is 0.833. The van der Waals surface area contributed by atoms with Crippen LogP contribution in [-0.4, -0.2) is 0 Å². The number of hydrogen-bond donors (Lipinski definition) is 0. The lowest BCUT2D eigenvalue weighted by atomic mass is 9.84. The second-order valence-corrected chi connectivity index (χ2v) is 17.1. The van der Waals surface area contributed by atoms with Crippen molar-refractivity contribution in [2.45, 2.75) is 45.4 Å². The summed E-state index contributed by atoms with van der Waals surface area (Å²) in [4.78, 5) is 5.08. The van der Waals surface area contributed by atoms with Crippen LogP contribution in [0, 0.1) is 6.92 Å². The third-order valence-electron chi connectivity index (χ3n) is 13.6. The van der Waals surface area contributed by atoms with E-state index in [1.54, 1.807) is 5.57 Å². The molecule has 3 aliphatic rings. The first-order chi connectivity index (χ1) is 30.2. The summed E-state index contributed by atoms with van der Waals surface area (Å²) in [6.07, 6.45) is 11.2. The minimum Gasteiger partial charge on any atom is -0.310 e. The van der Waals surface area contributed by atoms with Gasteiger partial charge in [0.2, 0.25) is 0 Å². The predicted octanol–water partition coefficient (Wildman–Crippen LogP) is 16.0. The highest BCUT2D eigenvalue weighted by Crippen LogP contribution is 2.50. The zero-order valence-electron chi connectivity index (χ0n) is 34.5. The summed E-state index contributed by atoms with van der Waals surface area (Å²) in [5.74, 6) is 0. The van der Waals surface area contributed by atoms with Crippen LogP contribution in [0.4, 0.5) is 28.4 Å². The standard InChI is InChI=1S/C59H46N2/c1-39-14-2-9-21-49(39)59-51-35-33-47(60-54-22-10-5-16-41(54)27-28-42-17-6-11-23-55(42)60)37-52(51)58(46-31-26-40-15-3-4-20-45(40)36-46)50-34-32-48(38-53(50)59)61-56-24-12-7-18-43(56)29-30-44-19-8-13-25-57(44)61/h2-5,7-16,18-26,31-38H,6,17,27-30H2,1H3. The van der Waals surface area contributed by atoms with Gasteiger partial charge >= 0.3 is 0 Å². The highest BCUT2D eigenvalue weighted by molar-refractivity contribution is 6.23. The first kappa shape index (κ1) is 35.8. The average molecular weight is 783 g/mol. The van der Waals surface area contributed by atoms with Crippen LogP contribution in [0.25, 0.3) is 54.6 Å². The molecule has 0 spiro atoms. The number of allylic oxidation sites excluding steroid dienone is 3. The normalized spacial score (nSPS) is 14.7. The van der Waals surface area contributed by atoms with Gasteiger partial charge in [0.25, 0.3) is 0 Å². The van der Waals surface area contributed by atoms with Gasteiger partial charge in [0.05, 0.1) is 0 Å². The number of para-hydroxylation sites is 3. The Bertz CT molecular complexity index is 3240. The van der Waals surface area contributed by atoms with E-state index in [-0.39, 0.29) is 0 Å². The molecule has 0 amide bonds. The zero-order chi connectivity index (χ0) is 40.4. The van der Waals surface area contributed by atoms with Gasteiger partial charge in [-0.2, -0.15) is 0 Å². The van der Waals surface area contributed by atoms with Crippen LogP contribution in [0.1, 0.15) is 41.5 Å². The number of rotatable bonds is 4. The SMILES string of the molecule is Cc1ccccc1-c1c2ccc(N3C4=C(CCC=C4)CCc4ccccc43)cc2c(-c2ccc3ccccc3c2)c2ccc(N3c4ccccc4CCc4ccccc43)cc12. The van der Waals surface area contributed by atoms with E-state index < -0.39 is 0 Å². The van der Waals surface area contributed by atoms with E-state index in [4.69, 9.17) is 0 Å². The molecule has 2 aliphatic heterocycles. The van der Waals surface area contributed by atoms with Crippen molar-refractivity contribution in [2.75, 3.05) is 9.80 Å². The lowest BCUT2D eigenvalue weighted by Crippen LogP contribution is -2.18. The number of anilines is 5. The predicted molar refractivity (Wildman–Crippen MR) is 259 cm³/mol. The van der Waals surface area contributed by atoms with Crippen LogP contribution in [0.2, 0.25) is 0 Å². The van der Waals surface area contributed by atoms with Gasteiger partial charge in [-0.15, -0.1) is 0 Å². The first-order valence-corrected chi connectivity index (χ1v) is 22.0.